The molecule has 5 aromatic carbocycles. The first-order valence-electron chi connectivity index (χ1n) is 12.7. The number of halogens is 1. The van der Waals surface area contributed by atoms with E-state index in [9.17, 15) is 14.4 Å². The van der Waals surface area contributed by atoms with E-state index in [1.807, 2.05) is 66.7 Å². The Kier molecular flexibility index (Phi) is 8.14. The van der Waals surface area contributed by atoms with Gasteiger partial charge < -0.3 is 14.8 Å². The highest BCUT2D eigenvalue weighted by Crippen LogP contribution is 2.31. The summed E-state index contributed by atoms with van der Waals surface area (Å²) in [4.78, 5) is 13.1. The molecule has 5 rings (SSSR count). The monoisotopic (exact) mass is 528 g/mol. The van der Waals surface area contributed by atoms with Crippen molar-refractivity contribution in [3.63, 3.8) is 0 Å². The van der Waals surface area contributed by atoms with Crippen molar-refractivity contribution in [1.82, 2.24) is 0 Å². The van der Waals surface area contributed by atoms with E-state index in [-0.39, 0.29) is 18.0 Å². The Bertz CT molecular complexity index is 1690. The molecule has 5 aromatic rings. The molecule has 0 fully saturated rings. The quantitative estimate of drug-likeness (QED) is 0.157. The average molecular weight is 529 g/mol. The molecule has 0 aromatic heterocycles. The van der Waals surface area contributed by atoms with Gasteiger partial charge in [0, 0.05) is 11.3 Å². The van der Waals surface area contributed by atoms with E-state index >= 15 is 0 Å². The zero-order chi connectivity index (χ0) is 27.7. The third-order valence-corrected chi connectivity index (χ3v) is 6.25. The number of ether oxygens (including phenoxy) is 2. The molecule has 40 heavy (non-hydrogen) atoms. The second-order valence-electron chi connectivity index (χ2n) is 9.04. The van der Waals surface area contributed by atoms with Crippen molar-refractivity contribution in [2.24, 2.45) is 0 Å². The summed E-state index contributed by atoms with van der Waals surface area (Å²) in [7, 11) is 0. The predicted octanol–water partition coefficient (Wildman–Crippen LogP) is 7.68. The van der Waals surface area contributed by atoms with Crippen molar-refractivity contribution in [2.45, 2.75) is 13.2 Å². The fraction of sp³-hybridized carbons (Fsp3) is 0.0588. The zero-order valence-corrected chi connectivity index (χ0v) is 21.5. The molecule has 0 heterocycles. The Morgan fingerprint density at radius 1 is 0.775 bits per heavy atom. The number of carbonyl (C=O) groups is 1. The normalized spacial score (nSPS) is 11.1. The number of fused-ring (bicyclic) bond motifs is 1. The zero-order valence-electron chi connectivity index (χ0n) is 21.5. The molecule has 0 bridgehead atoms. The van der Waals surface area contributed by atoms with E-state index in [1.165, 1.54) is 18.2 Å². The minimum absolute atomic E-state index is 0.0765. The number of nitriles is 1. The Morgan fingerprint density at radius 2 is 1.45 bits per heavy atom. The number of nitrogens with one attached hydrogen (secondary N) is 1. The maximum Gasteiger partial charge on any atom is 0.266 e. The molecule has 0 aliphatic heterocycles. The van der Waals surface area contributed by atoms with Crippen LogP contribution in [0.3, 0.4) is 0 Å². The molecule has 0 atom stereocenters. The highest BCUT2D eigenvalue weighted by atomic mass is 19.1. The molecule has 6 heteroatoms. The van der Waals surface area contributed by atoms with Crippen LogP contribution in [0, 0.1) is 17.1 Å². The lowest BCUT2D eigenvalue weighted by Gasteiger charge is -2.13. The number of hydrogen-bond donors (Lipinski definition) is 1. The molecule has 5 nitrogen and oxygen atoms in total. The third kappa shape index (κ3) is 6.53. The Balaban J connectivity index is 1.34. The molecular formula is C34H25FN2O3. The Hall–Kier alpha value is -5.41. The van der Waals surface area contributed by atoms with Gasteiger partial charge in [0.1, 0.15) is 42.2 Å². The van der Waals surface area contributed by atoms with Crippen LogP contribution in [0.4, 0.5) is 10.1 Å². The number of rotatable bonds is 9. The summed E-state index contributed by atoms with van der Waals surface area (Å²) in [6.07, 6.45) is 1.54. The van der Waals surface area contributed by atoms with E-state index in [0.717, 1.165) is 21.9 Å². The summed E-state index contributed by atoms with van der Waals surface area (Å²) < 4.78 is 25.2. The first kappa shape index (κ1) is 26.2. The number of anilines is 1. The molecule has 0 spiro atoms. The molecule has 0 aliphatic rings. The SMILES string of the molecule is N#C/C(=C\c1c(OCc2ccc(F)cc2)ccc2ccccc12)C(=O)Nc1ccc(OCc2ccccc2)cc1. The van der Waals surface area contributed by atoms with Crippen LogP contribution in [0.25, 0.3) is 16.8 Å². The number of hydrogen-bond acceptors (Lipinski definition) is 4. The average Bonchev–Trinajstić information content (AvgIpc) is 3.00. The number of benzene rings is 5. The van der Waals surface area contributed by atoms with Crippen LogP contribution in [0.5, 0.6) is 11.5 Å². The molecule has 1 amide bonds. The second-order valence-corrected chi connectivity index (χ2v) is 9.04. The summed E-state index contributed by atoms with van der Waals surface area (Å²) >= 11 is 0. The van der Waals surface area contributed by atoms with Gasteiger partial charge in [-0.1, -0.05) is 72.8 Å². The fourth-order valence-corrected chi connectivity index (χ4v) is 4.16. The van der Waals surface area contributed by atoms with E-state index in [0.29, 0.717) is 29.4 Å². The van der Waals surface area contributed by atoms with Crippen LogP contribution in [0.1, 0.15) is 16.7 Å². The van der Waals surface area contributed by atoms with Gasteiger partial charge in [-0.05, 0) is 70.4 Å². The topological polar surface area (TPSA) is 71.3 Å². The predicted molar refractivity (Wildman–Crippen MR) is 154 cm³/mol. The van der Waals surface area contributed by atoms with Crippen molar-refractivity contribution in [2.75, 3.05) is 5.32 Å². The molecule has 0 aliphatic carbocycles. The Morgan fingerprint density at radius 3 is 2.20 bits per heavy atom. The van der Waals surface area contributed by atoms with Gasteiger partial charge in [-0.2, -0.15) is 5.26 Å². The Labute approximate surface area is 231 Å². The lowest BCUT2D eigenvalue weighted by molar-refractivity contribution is -0.112. The summed E-state index contributed by atoms with van der Waals surface area (Å²) in [5, 5.41) is 14.4. The van der Waals surface area contributed by atoms with Gasteiger partial charge in [-0.15, -0.1) is 0 Å². The highest BCUT2D eigenvalue weighted by molar-refractivity contribution is 6.11. The van der Waals surface area contributed by atoms with Crippen LogP contribution < -0.4 is 14.8 Å². The summed E-state index contributed by atoms with van der Waals surface area (Å²) in [6, 6.07) is 36.3. The van der Waals surface area contributed by atoms with Crippen molar-refractivity contribution in [3.05, 3.63) is 143 Å². The minimum atomic E-state index is -0.544. The van der Waals surface area contributed by atoms with Crippen LogP contribution in [0.2, 0.25) is 0 Å². The van der Waals surface area contributed by atoms with Crippen molar-refractivity contribution >= 4 is 28.4 Å². The summed E-state index contributed by atoms with van der Waals surface area (Å²) in [5.74, 6) is 0.301. The first-order chi connectivity index (χ1) is 19.6. The molecule has 0 radical (unpaired) electrons. The van der Waals surface area contributed by atoms with Gasteiger partial charge in [-0.3, -0.25) is 4.79 Å². The molecule has 0 saturated heterocycles. The van der Waals surface area contributed by atoms with E-state index < -0.39 is 5.91 Å². The van der Waals surface area contributed by atoms with Gasteiger partial charge in [-0.25, -0.2) is 4.39 Å². The standard InChI is InChI=1S/C34H25FN2O3/c35-28-13-10-25(11-14-28)23-40-33-19-12-26-8-4-5-9-31(26)32(33)20-27(21-36)34(38)37-29-15-17-30(18-16-29)39-22-24-6-2-1-3-7-24/h1-20H,22-23H2,(H,37,38)/b27-20+. The van der Waals surface area contributed by atoms with Gasteiger partial charge in [0.2, 0.25) is 0 Å². The van der Waals surface area contributed by atoms with Crippen LogP contribution in [-0.2, 0) is 18.0 Å². The number of carbonyl (C=O) groups excluding carboxylic acids is 1. The van der Waals surface area contributed by atoms with Gasteiger partial charge >= 0.3 is 0 Å². The smallest absolute Gasteiger partial charge is 0.266 e. The number of nitrogens with zero attached hydrogens (tertiary/aromatic N) is 1. The van der Waals surface area contributed by atoms with E-state index in [1.54, 1.807) is 42.5 Å². The molecule has 196 valence electrons. The maximum absolute atomic E-state index is 13.3. The largest absolute Gasteiger partial charge is 0.489 e. The molecule has 0 unspecified atom stereocenters. The maximum atomic E-state index is 13.3. The highest BCUT2D eigenvalue weighted by Gasteiger charge is 2.14. The second kappa shape index (κ2) is 12.4. The van der Waals surface area contributed by atoms with Gasteiger partial charge in [0.05, 0.1) is 0 Å². The lowest BCUT2D eigenvalue weighted by Crippen LogP contribution is -2.13. The lowest BCUT2D eigenvalue weighted by atomic mass is 10.0. The number of amides is 1. The molecule has 1 N–H and O–H groups in total. The van der Waals surface area contributed by atoms with Crippen LogP contribution in [-0.4, -0.2) is 5.91 Å². The minimum Gasteiger partial charge on any atom is -0.489 e. The molecule has 0 saturated carbocycles. The summed E-state index contributed by atoms with van der Waals surface area (Å²) in [6.45, 7) is 0.636. The summed E-state index contributed by atoms with van der Waals surface area (Å²) in [5.41, 5.74) is 2.91. The van der Waals surface area contributed by atoms with Crippen molar-refractivity contribution in [3.8, 4) is 17.6 Å². The van der Waals surface area contributed by atoms with Crippen molar-refractivity contribution < 1.29 is 18.7 Å². The fourth-order valence-electron chi connectivity index (χ4n) is 4.16. The van der Waals surface area contributed by atoms with Gasteiger partial charge in [0.15, 0.2) is 0 Å². The van der Waals surface area contributed by atoms with Gasteiger partial charge in [0.25, 0.3) is 5.91 Å². The molecular weight excluding hydrogens is 503 g/mol. The first-order valence-corrected chi connectivity index (χ1v) is 12.7. The van der Waals surface area contributed by atoms with Crippen LogP contribution in [0.15, 0.2) is 121 Å². The van der Waals surface area contributed by atoms with E-state index in [4.69, 9.17) is 9.47 Å². The van der Waals surface area contributed by atoms with E-state index in [2.05, 4.69) is 5.32 Å². The van der Waals surface area contributed by atoms with Crippen molar-refractivity contribution in [1.29, 1.82) is 5.26 Å². The van der Waals surface area contributed by atoms with Crippen LogP contribution >= 0.6 is 0 Å². The third-order valence-electron chi connectivity index (χ3n) is 6.25.